The molecule has 1 amide bonds. The first-order valence-electron chi connectivity index (χ1n) is 6.98. The molecule has 1 atom stereocenters. The van der Waals surface area contributed by atoms with E-state index in [0.717, 1.165) is 10.7 Å². The van der Waals surface area contributed by atoms with Crippen LogP contribution >= 0.6 is 0 Å². The predicted molar refractivity (Wildman–Crippen MR) is 82.3 cm³/mol. The third-order valence-corrected chi connectivity index (χ3v) is 3.20. The number of likely N-dealkylation sites (N-methyl/N-ethyl adjacent to an activating group) is 1. The highest BCUT2D eigenvalue weighted by atomic mass is 16.5. The zero-order valence-electron chi connectivity index (χ0n) is 13.0. The molecule has 0 aliphatic carbocycles. The second-order valence-electron chi connectivity index (χ2n) is 5.00. The monoisotopic (exact) mass is 305 g/mol. The molecule has 1 aromatic heterocycles. The van der Waals surface area contributed by atoms with Gasteiger partial charge in [0.15, 0.2) is 12.3 Å². The molecule has 2 N–H and O–H groups in total. The van der Waals surface area contributed by atoms with E-state index in [1.165, 1.54) is 0 Å². The Morgan fingerprint density at radius 2 is 2.09 bits per heavy atom. The van der Waals surface area contributed by atoms with E-state index in [2.05, 4.69) is 5.32 Å². The van der Waals surface area contributed by atoms with Crippen LogP contribution in [-0.4, -0.2) is 33.7 Å². The Kier molecular flexibility index (Phi) is 5.43. The molecule has 2 aromatic rings. The molecule has 0 radical (unpaired) electrons. The first-order valence-corrected chi connectivity index (χ1v) is 6.98. The largest absolute Gasteiger partial charge is 0.497 e. The first kappa shape index (κ1) is 15.9. The summed E-state index contributed by atoms with van der Waals surface area (Å²) in [5.74, 6) is 2.01. The van der Waals surface area contributed by atoms with Gasteiger partial charge >= 0.3 is 0 Å². The van der Waals surface area contributed by atoms with Crippen LogP contribution in [0.3, 0.4) is 0 Å². The van der Waals surface area contributed by atoms with Crippen molar-refractivity contribution in [3.8, 4) is 11.5 Å². The first-order chi connectivity index (χ1) is 10.6. The minimum Gasteiger partial charge on any atom is -0.497 e. The smallest absolute Gasteiger partial charge is 0.279 e. The molecule has 6 nitrogen and oxygen atoms in total. The molecule has 0 aliphatic rings. The Bertz CT molecular complexity index is 611. The quantitative estimate of drug-likeness (QED) is 0.799. The van der Waals surface area contributed by atoms with Gasteiger partial charge < -0.3 is 24.1 Å². The fourth-order valence-electron chi connectivity index (χ4n) is 2.14. The number of methoxy groups -OCH3 is 2. The van der Waals surface area contributed by atoms with Crippen molar-refractivity contribution < 1.29 is 23.6 Å². The maximum Gasteiger partial charge on any atom is 0.279 e. The number of hydrogen-bond donors (Lipinski definition) is 2. The lowest BCUT2D eigenvalue weighted by molar-refractivity contribution is -0.886. The van der Waals surface area contributed by atoms with Crippen LogP contribution in [-0.2, 0) is 11.3 Å². The SMILES string of the molecule is COc1ccc(NC(=O)C[NH+](C)Cc2ccco2)c(OC)c1. The molecule has 6 heteroatoms. The molecule has 2 rings (SSSR count). The Hall–Kier alpha value is -2.47. The van der Waals surface area contributed by atoms with E-state index in [1.807, 2.05) is 19.2 Å². The fraction of sp³-hybridized carbons (Fsp3) is 0.312. The molecule has 0 fully saturated rings. The van der Waals surface area contributed by atoms with Crippen molar-refractivity contribution >= 4 is 11.6 Å². The number of carbonyl (C=O) groups excluding carboxylic acids is 1. The second kappa shape index (κ2) is 7.51. The highest BCUT2D eigenvalue weighted by Gasteiger charge is 2.14. The molecule has 1 heterocycles. The van der Waals surface area contributed by atoms with Crippen LogP contribution in [0.25, 0.3) is 0 Å². The van der Waals surface area contributed by atoms with Gasteiger partial charge in [-0.15, -0.1) is 0 Å². The predicted octanol–water partition coefficient (Wildman–Crippen LogP) is 0.950. The summed E-state index contributed by atoms with van der Waals surface area (Å²) in [6, 6.07) is 9.00. The molecule has 0 aliphatic heterocycles. The number of nitrogens with one attached hydrogen (secondary N) is 2. The van der Waals surface area contributed by atoms with E-state index in [0.29, 0.717) is 30.3 Å². The zero-order valence-corrected chi connectivity index (χ0v) is 13.0. The number of anilines is 1. The van der Waals surface area contributed by atoms with Gasteiger partial charge in [0.25, 0.3) is 5.91 Å². The zero-order chi connectivity index (χ0) is 15.9. The summed E-state index contributed by atoms with van der Waals surface area (Å²) >= 11 is 0. The summed E-state index contributed by atoms with van der Waals surface area (Å²) in [5, 5.41) is 2.85. The molecule has 0 bridgehead atoms. The van der Waals surface area contributed by atoms with Gasteiger partial charge in [0.1, 0.15) is 18.0 Å². The lowest BCUT2D eigenvalue weighted by Gasteiger charge is -2.14. The molecule has 0 spiro atoms. The summed E-state index contributed by atoms with van der Waals surface area (Å²) in [5.41, 5.74) is 0.624. The van der Waals surface area contributed by atoms with E-state index in [9.17, 15) is 4.79 Å². The van der Waals surface area contributed by atoms with Gasteiger partial charge in [-0.1, -0.05) is 0 Å². The summed E-state index contributed by atoms with van der Waals surface area (Å²) in [7, 11) is 5.08. The van der Waals surface area contributed by atoms with Crippen LogP contribution in [0.5, 0.6) is 11.5 Å². The molecule has 1 unspecified atom stereocenters. The molecule has 0 saturated carbocycles. The average Bonchev–Trinajstić information content (AvgIpc) is 3.00. The summed E-state index contributed by atoms with van der Waals surface area (Å²) in [6.07, 6.45) is 1.63. The Morgan fingerprint density at radius 3 is 2.73 bits per heavy atom. The lowest BCUT2D eigenvalue weighted by atomic mass is 10.2. The van der Waals surface area contributed by atoms with E-state index < -0.39 is 0 Å². The Labute approximate surface area is 129 Å². The third kappa shape index (κ3) is 4.26. The molecular formula is C16H21N2O4+. The number of benzene rings is 1. The standard InChI is InChI=1S/C16H20N2O4/c1-18(10-13-5-4-8-22-13)11-16(19)17-14-7-6-12(20-2)9-15(14)21-3/h4-9H,10-11H2,1-3H3,(H,17,19)/p+1. The van der Waals surface area contributed by atoms with E-state index in [4.69, 9.17) is 13.9 Å². The summed E-state index contributed by atoms with van der Waals surface area (Å²) in [6.45, 7) is 0.982. The minimum absolute atomic E-state index is 0.0903. The van der Waals surface area contributed by atoms with Gasteiger partial charge in [-0.25, -0.2) is 0 Å². The maximum absolute atomic E-state index is 12.1. The van der Waals surface area contributed by atoms with Crippen LogP contribution < -0.4 is 19.7 Å². The van der Waals surface area contributed by atoms with Gasteiger partial charge in [0.05, 0.1) is 33.2 Å². The van der Waals surface area contributed by atoms with Gasteiger partial charge in [0.2, 0.25) is 0 Å². The van der Waals surface area contributed by atoms with Crippen molar-refractivity contribution in [3.05, 3.63) is 42.4 Å². The van der Waals surface area contributed by atoms with Crippen molar-refractivity contribution in [2.24, 2.45) is 0 Å². The van der Waals surface area contributed by atoms with Crippen molar-refractivity contribution in [2.75, 3.05) is 33.1 Å². The molecule has 118 valence electrons. The molecule has 0 saturated heterocycles. The number of carbonyl (C=O) groups is 1. The summed E-state index contributed by atoms with van der Waals surface area (Å²) < 4.78 is 15.7. The third-order valence-electron chi connectivity index (χ3n) is 3.20. The lowest BCUT2D eigenvalue weighted by Crippen LogP contribution is -3.08. The van der Waals surface area contributed by atoms with Gasteiger partial charge in [-0.2, -0.15) is 0 Å². The van der Waals surface area contributed by atoms with Gasteiger partial charge in [-0.05, 0) is 24.3 Å². The number of amides is 1. The van der Waals surface area contributed by atoms with Crippen molar-refractivity contribution in [2.45, 2.75) is 6.54 Å². The molecule has 1 aromatic carbocycles. The Balaban J connectivity index is 1.94. The molecular weight excluding hydrogens is 284 g/mol. The molecule has 22 heavy (non-hydrogen) atoms. The van der Waals surface area contributed by atoms with E-state index in [1.54, 1.807) is 38.7 Å². The Morgan fingerprint density at radius 1 is 1.27 bits per heavy atom. The van der Waals surface area contributed by atoms with Gasteiger partial charge in [-0.3, -0.25) is 4.79 Å². The highest BCUT2D eigenvalue weighted by molar-refractivity contribution is 5.93. The topological polar surface area (TPSA) is 65.1 Å². The summed E-state index contributed by atoms with van der Waals surface area (Å²) in [4.78, 5) is 13.2. The van der Waals surface area contributed by atoms with Gasteiger partial charge in [0, 0.05) is 6.07 Å². The second-order valence-corrected chi connectivity index (χ2v) is 5.00. The van der Waals surface area contributed by atoms with Crippen LogP contribution in [0, 0.1) is 0 Å². The van der Waals surface area contributed by atoms with Crippen molar-refractivity contribution in [1.82, 2.24) is 0 Å². The van der Waals surface area contributed by atoms with E-state index in [-0.39, 0.29) is 5.91 Å². The van der Waals surface area contributed by atoms with Crippen LogP contribution in [0.2, 0.25) is 0 Å². The van der Waals surface area contributed by atoms with Crippen molar-refractivity contribution in [3.63, 3.8) is 0 Å². The van der Waals surface area contributed by atoms with Crippen LogP contribution in [0.15, 0.2) is 41.0 Å². The van der Waals surface area contributed by atoms with Crippen LogP contribution in [0.4, 0.5) is 5.69 Å². The highest BCUT2D eigenvalue weighted by Crippen LogP contribution is 2.28. The number of ether oxygens (including phenoxy) is 2. The number of hydrogen-bond acceptors (Lipinski definition) is 4. The average molecular weight is 305 g/mol. The minimum atomic E-state index is -0.0903. The van der Waals surface area contributed by atoms with Crippen LogP contribution in [0.1, 0.15) is 5.76 Å². The van der Waals surface area contributed by atoms with Crippen molar-refractivity contribution in [1.29, 1.82) is 0 Å². The number of quaternary nitrogens is 1. The normalized spacial score (nSPS) is 11.8. The van der Waals surface area contributed by atoms with E-state index >= 15 is 0 Å². The maximum atomic E-state index is 12.1. The number of furan rings is 1. The fourth-order valence-corrected chi connectivity index (χ4v) is 2.14. The number of rotatable bonds is 7.